The van der Waals surface area contributed by atoms with Gasteiger partial charge in [0.1, 0.15) is 19.0 Å². The number of pyridine rings is 1. The zero-order chi connectivity index (χ0) is 16.4. The lowest BCUT2D eigenvalue weighted by molar-refractivity contribution is 0.165. The molecule has 23 heavy (non-hydrogen) atoms. The number of nitrogens with zero attached hydrogens (tertiary/aromatic N) is 2. The summed E-state index contributed by atoms with van der Waals surface area (Å²) in [7, 11) is 1.55. The number of aromatic nitrogens is 1. The first-order chi connectivity index (χ1) is 11.1. The first kappa shape index (κ1) is 15.0. The Balaban J connectivity index is 1.99. The van der Waals surface area contributed by atoms with E-state index in [0.717, 1.165) is 10.2 Å². The second-order valence-electron chi connectivity index (χ2n) is 5.10. The minimum absolute atomic E-state index is 0.274. The smallest absolute Gasteiger partial charge is 0.273 e. The van der Waals surface area contributed by atoms with Gasteiger partial charge in [0, 0.05) is 11.6 Å². The molecule has 0 atom stereocenters. The van der Waals surface area contributed by atoms with Crippen LogP contribution in [0.15, 0.2) is 34.2 Å². The first-order valence-corrected chi connectivity index (χ1v) is 7.09. The van der Waals surface area contributed by atoms with Crippen LogP contribution in [0.1, 0.15) is 11.1 Å². The van der Waals surface area contributed by atoms with E-state index in [2.05, 4.69) is 5.10 Å². The van der Waals surface area contributed by atoms with Crippen LogP contribution in [0.5, 0.6) is 17.2 Å². The van der Waals surface area contributed by atoms with E-state index >= 15 is 0 Å². The van der Waals surface area contributed by atoms with Gasteiger partial charge in [-0.1, -0.05) is 0 Å². The Kier molecular flexibility index (Phi) is 3.92. The van der Waals surface area contributed by atoms with Gasteiger partial charge in [-0.15, -0.1) is 0 Å². The van der Waals surface area contributed by atoms with E-state index in [1.165, 1.54) is 12.3 Å². The summed E-state index contributed by atoms with van der Waals surface area (Å²) in [5.74, 6) is 1.98. The van der Waals surface area contributed by atoms with Crippen LogP contribution in [0.3, 0.4) is 0 Å². The van der Waals surface area contributed by atoms with E-state index in [1.54, 1.807) is 32.2 Å². The predicted octanol–water partition coefficient (Wildman–Crippen LogP) is 1.40. The minimum Gasteiger partial charge on any atom is -0.493 e. The van der Waals surface area contributed by atoms with Crippen molar-refractivity contribution in [2.75, 3.05) is 26.1 Å². The van der Waals surface area contributed by atoms with Crippen LogP contribution in [0.25, 0.3) is 0 Å². The Morgan fingerprint density at radius 3 is 2.78 bits per heavy atom. The van der Waals surface area contributed by atoms with Gasteiger partial charge in [0.05, 0.1) is 13.3 Å². The Morgan fingerprint density at radius 2 is 2.04 bits per heavy atom. The van der Waals surface area contributed by atoms with Gasteiger partial charge in [0.2, 0.25) is 5.75 Å². The van der Waals surface area contributed by atoms with Crippen LogP contribution in [-0.2, 0) is 0 Å². The molecule has 7 nitrogen and oxygen atoms in total. The predicted molar refractivity (Wildman–Crippen MR) is 86.8 cm³/mol. The molecular formula is C16H17N3O4. The number of hydrogen-bond acceptors (Lipinski definition) is 6. The summed E-state index contributed by atoms with van der Waals surface area (Å²) >= 11 is 0. The number of nitrogen functional groups attached to an aromatic ring is 1. The molecule has 0 unspecified atom stereocenters. The monoisotopic (exact) mass is 315 g/mol. The molecule has 0 saturated heterocycles. The normalized spacial score (nSPS) is 13.3. The molecule has 0 aliphatic carbocycles. The summed E-state index contributed by atoms with van der Waals surface area (Å²) in [5.41, 5.74) is 7.04. The summed E-state index contributed by atoms with van der Waals surface area (Å²) in [6, 6.07) is 6.68. The molecule has 0 spiro atoms. The van der Waals surface area contributed by atoms with Crippen LogP contribution in [0.2, 0.25) is 0 Å². The fraction of sp³-hybridized carbons (Fsp3) is 0.250. The molecule has 3 rings (SSSR count). The SMILES string of the molecule is COc1cc(/C=N\n2c(N)cc(C)cc2=O)cc2c1OCCO2. The van der Waals surface area contributed by atoms with Gasteiger partial charge in [-0.3, -0.25) is 4.79 Å². The van der Waals surface area contributed by atoms with E-state index in [1.807, 2.05) is 0 Å². The van der Waals surface area contributed by atoms with Crippen LogP contribution in [0.4, 0.5) is 5.82 Å². The highest BCUT2D eigenvalue weighted by Crippen LogP contribution is 2.39. The van der Waals surface area contributed by atoms with Gasteiger partial charge >= 0.3 is 0 Å². The molecule has 1 aliphatic heterocycles. The second kappa shape index (κ2) is 6.04. The number of benzene rings is 1. The third-order valence-corrected chi connectivity index (χ3v) is 3.35. The summed E-state index contributed by atoms with van der Waals surface area (Å²) < 4.78 is 17.6. The van der Waals surface area contributed by atoms with Gasteiger partial charge in [-0.2, -0.15) is 9.78 Å². The van der Waals surface area contributed by atoms with E-state index in [4.69, 9.17) is 19.9 Å². The summed E-state index contributed by atoms with van der Waals surface area (Å²) in [6.45, 7) is 2.75. The molecule has 1 aromatic heterocycles. The Morgan fingerprint density at radius 1 is 1.26 bits per heavy atom. The molecule has 0 amide bonds. The fourth-order valence-electron chi connectivity index (χ4n) is 2.34. The average Bonchev–Trinajstić information content (AvgIpc) is 2.53. The van der Waals surface area contributed by atoms with Crippen molar-refractivity contribution in [3.63, 3.8) is 0 Å². The summed E-state index contributed by atoms with van der Waals surface area (Å²) in [4.78, 5) is 11.9. The Bertz CT molecular complexity index is 810. The summed E-state index contributed by atoms with van der Waals surface area (Å²) in [5, 5.41) is 4.14. The van der Waals surface area contributed by atoms with E-state index in [-0.39, 0.29) is 11.4 Å². The molecule has 2 aromatic rings. The highest BCUT2D eigenvalue weighted by molar-refractivity contribution is 5.82. The lowest BCUT2D eigenvalue weighted by atomic mass is 10.2. The van der Waals surface area contributed by atoms with Crippen LogP contribution in [0, 0.1) is 6.92 Å². The molecule has 0 saturated carbocycles. The second-order valence-corrected chi connectivity index (χ2v) is 5.10. The van der Waals surface area contributed by atoms with Crippen LogP contribution < -0.4 is 25.5 Å². The van der Waals surface area contributed by atoms with Crippen molar-refractivity contribution in [2.45, 2.75) is 6.92 Å². The third-order valence-electron chi connectivity index (χ3n) is 3.35. The third kappa shape index (κ3) is 2.98. The number of anilines is 1. The van der Waals surface area contributed by atoms with Crippen molar-refractivity contribution in [2.24, 2.45) is 5.10 Å². The number of methoxy groups -OCH3 is 1. The van der Waals surface area contributed by atoms with Crippen LogP contribution >= 0.6 is 0 Å². The topological polar surface area (TPSA) is 88.1 Å². The number of rotatable bonds is 3. The first-order valence-electron chi connectivity index (χ1n) is 7.09. The molecule has 1 aliphatic rings. The molecular weight excluding hydrogens is 298 g/mol. The molecule has 1 aromatic carbocycles. The molecule has 0 radical (unpaired) electrons. The molecule has 0 fully saturated rings. The highest BCUT2D eigenvalue weighted by atomic mass is 16.6. The van der Waals surface area contributed by atoms with E-state index in [9.17, 15) is 4.79 Å². The van der Waals surface area contributed by atoms with E-state index in [0.29, 0.717) is 36.0 Å². The zero-order valence-corrected chi connectivity index (χ0v) is 12.9. The highest BCUT2D eigenvalue weighted by Gasteiger charge is 2.18. The Labute approximate surface area is 132 Å². The van der Waals surface area contributed by atoms with Crippen molar-refractivity contribution in [1.82, 2.24) is 4.68 Å². The van der Waals surface area contributed by atoms with Gasteiger partial charge < -0.3 is 19.9 Å². The van der Waals surface area contributed by atoms with Gasteiger partial charge in [-0.05, 0) is 30.7 Å². The standard InChI is InChI=1S/C16H17N3O4/c1-10-5-14(17)19(15(20)6-10)18-9-11-7-12(21-2)16-13(8-11)22-3-4-23-16/h5-9H,3-4,17H2,1-2H3/b18-9-. The van der Waals surface area contributed by atoms with Crippen molar-refractivity contribution < 1.29 is 14.2 Å². The van der Waals surface area contributed by atoms with Crippen molar-refractivity contribution in [3.8, 4) is 17.2 Å². The van der Waals surface area contributed by atoms with E-state index < -0.39 is 0 Å². The van der Waals surface area contributed by atoms with Gasteiger partial charge in [-0.25, -0.2) is 0 Å². The summed E-state index contributed by atoms with van der Waals surface area (Å²) in [6.07, 6.45) is 1.52. The largest absolute Gasteiger partial charge is 0.493 e. The number of ether oxygens (including phenoxy) is 3. The molecule has 7 heteroatoms. The number of hydrogen-bond donors (Lipinski definition) is 1. The quantitative estimate of drug-likeness (QED) is 0.865. The average molecular weight is 315 g/mol. The molecule has 0 bridgehead atoms. The van der Waals surface area contributed by atoms with Gasteiger partial charge in [0.15, 0.2) is 11.5 Å². The zero-order valence-electron chi connectivity index (χ0n) is 12.9. The maximum Gasteiger partial charge on any atom is 0.273 e. The molecule has 2 heterocycles. The number of nitrogens with two attached hydrogens (primary N) is 1. The molecule has 2 N–H and O–H groups in total. The maximum absolute atomic E-state index is 11.9. The van der Waals surface area contributed by atoms with Crippen molar-refractivity contribution in [3.05, 3.63) is 45.7 Å². The van der Waals surface area contributed by atoms with Crippen LogP contribution in [-0.4, -0.2) is 31.2 Å². The Hall–Kier alpha value is -2.96. The van der Waals surface area contributed by atoms with Crippen molar-refractivity contribution >= 4 is 12.0 Å². The lowest BCUT2D eigenvalue weighted by Crippen LogP contribution is -2.19. The number of fused-ring (bicyclic) bond motifs is 1. The fourth-order valence-corrected chi connectivity index (χ4v) is 2.34. The van der Waals surface area contributed by atoms with Crippen molar-refractivity contribution in [1.29, 1.82) is 0 Å². The number of aryl methyl sites for hydroxylation is 1. The maximum atomic E-state index is 11.9. The molecule has 120 valence electrons. The lowest BCUT2D eigenvalue weighted by Gasteiger charge is -2.20. The minimum atomic E-state index is -0.289. The van der Waals surface area contributed by atoms with Gasteiger partial charge in [0.25, 0.3) is 5.56 Å².